The van der Waals surface area contributed by atoms with E-state index in [0.29, 0.717) is 0 Å². The maximum Gasteiger partial charge on any atom is 0.130 e. The van der Waals surface area contributed by atoms with Gasteiger partial charge < -0.3 is 9.88 Å². The quantitative estimate of drug-likeness (QED) is 0.904. The fourth-order valence-electron chi connectivity index (χ4n) is 3.07. The third kappa shape index (κ3) is 2.50. The average molecular weight is 269 g/mol. The van der Waals surface area contributed by atoms with Gasteiger partial charge in [-0.05, 0) is 48.9 Å². The molecule has 3 heteroatoms. The van der Waals surface area contributed by atoms with Gasteiger partial charge in [-0.15, -0.1) is 0 Å². The number of aromatic nitrogens is 2. The molecule has 1 N–H and O–H groups in total. The molecule has 0 bridgehead atoms. The monoisotopic (exact) mass is 269 g/mol. The third-order valence-corrected chi connectivity index (χ3v) is 4.17. The molecule has 0 saturated heterocycles. The van der Waals surface area contributed by atoms with Crippen molar-refractivity contribution < 1.29 is 0 Å². The van der Waals surface area contributed by atoms with Crippen LogP contribution in [0.15, 0.2) is 30.6 Å². The molecule has 1 heterocycles. The molecule has 1 aliphatic rings. The van der Waals surface area contributed by atoms with Gasteiger partial charge in [-0.1, -0.05) is 25.1 Å². The number of fused-ring (bicyclic) bond motifs is 1. The Labute approximate surface area is 121 Å². The van der Waals surface area contributed by atoms with E-state index >= 15 is 0 Å². The summed E-state index contributed by atoms with van der Waals surface area (Å²) in [4.78, 5) is 4.54. The highest BCUT2D eigenvalue weighted by Gasteiger charge is 2.20. The first-order chi connectivity index (χ1) is 9.79. The summed E-state index contributed by atoms with van der Waals surface area (Å²) in [5.41, 5.74) is 4.40. The second-order valence-corrected chi connectivity index (χ2v) is 5.67. The molecule has 1 aliphatic carbocycles. The first kappa shape index (κ1) is 13.4. The molecule has 0 fully saturated rings. The molecule has 1 unspecified atom stereocenters. The van der Waals surface area contributed by atoms with Crippen LogP contribution in [0, 0.1) is 0 Å². The Bertz CT molecular complexity index is 586. The highest BCUT2D eigenvalue weighted by molar-refractivity contribution is 5.38. The van der Waals surface area contributed by atoms with Crippen LogP contribution in [0.25, 0.3) is 0 Å². The van der Waals surface area contributed by atoms with Crippen molar-refractivity contribution in [3.05, 3.63) is 53.1 Å². The van der Waals surface area contributed by atoms with Crippen LogP contribution in [0.2, 0.25) is 0 Å². The van der Waals surface area contributed by atoms with Crippen LogP contribution in [0.5, 0.6) is 0 Å². The molecular formula is C17H23N3. The van der Waals surface area contributed by atoms with Crippen LogP contribution in [-0.2, 0) is 19.9 Å². The predicted molar refractivity (Wildman–Crippen MR) is 81.8 cm³/mol. The fourth-order valence-corrected chi connectivity index (χ4v) is 3.07. The van der Waals surface area contributed by atoms with E-state index in [0.717, 1.165) is 18.8 Å². The van der Waals surface area contributed by atoms with Crippen molar-refractivity contribution in [2.24, 2.45) is 7.05 Å². The lowest BCUT2D eigenvalue weighted by atomic mass is 10.0. The zero-order valence-electron chi connectivity index (χ0n) is 12.4. The van der Waals surface area contributed by atoms with Crippen LogP contribution in [0.4, 0.5) is 0 Å². The molecule has 1 aromatic carbocycles. The predicted octanol–water partition coefficient (Wildman–Crippen LogP) is 3.00. The third-order valence-electron chi connectivity index (χ3n) is 4.17. The molecule has 106 valence electrons. The Kier molecular flexibility index (Phi) is 3.88. The van der Waals surface area contributed by atoms with E-state index in [1.807, 2.05) is 12.4 Å². The number of rotatable bonds is 5. The van der Waals surface area contributed by atoms with Crippen molar-refractivity contribution in [3.8, 4) is 0 Å². The summed E-state index contributed by atoms with van der Waals surface area (Å²) in [7, 11) is 2.07. The van der Waals surface area contributed by atoms with Gasteiger partial charge in [0.15, 0.2) is 0 Å². The Balaban J connectivity index is 1.94. The number of benzene rings is 1. The molecule has 0 radical (unpaired) electrons. The lowest BCUT2D eigenvalue weighted by molar-refractivity contribution is 0.555. The summed E-state index contributed by atoms with van der Waals surface area (Å²) in [5, 5.41) is 3.64. The Morgan fingerprint density at radius 1 is 1.30 bits per heavy atom. The standard InChI is InChI=1S/C17H23N3/c1-3-9-18-16(17-19-10-11-20(17)2)15-8-7-13-5-4-6-14(13)12-15/h7-8,10-12,16,18H,3-6,9H2,1-2H3. The normalized spacial score (nSPS) is 15.3. The van der Waals surface area contributed by atoms with Crippen molar-refractivity contribution >= 4 is 0 Å². The minimum absolute atomic E-state index is 0.195. The lowest BCUT2D eigenvalue weighted by Gasteiger charge is -2.19. The van der Waals surface area contributed by atoms with E-state index in [1.54, 1.807) is 0 Å². The van der Waals surface area contributed by atoms with Gasteiger partial charge in [0.05, 0.1) is 6.04 Å². The topological polar surface area (TPSA) is 29.9 Å². The summed E-state index contributed by atoms with van der Waals surface area (Å²) in [6.07, 6.45) is 8.79. The maximum atomic E-state index is 4.54. The minimum Gasteiger partial charge on any atom is -0.336 e. The second-order valence-electron chi connectivity index (χ2n) is 5.67. The largest absolute Gasteiger partial charge is 0.336 e. The molecule has 1 atom stereocenters. The van der Waals surface area contributed by atoms with E-state index in [2.05, 4.69) is 47.0 Å². The number of nitrogens with one attached hydrogen (secondary N) is 1. The van der Waals surface area contributed by atoms with Gasteiger partial charge >= 0.3 is 0 Å². The molecule has 0 aliphatic heterocycles. The van der Waals surface area contributed by atoms with Crippen molar-refractivity contribution in [2.45, 2.75) is 38.6 Å². The van der Waals surface area contributed by atoms with Gasteiger partial charge in [0, 0.05) is 19.4 Å². The molecule has 2 aromatic rings. The zero-order chi connectivity index (χ0) is 13.9. The lowest BCUT2D eigenvalue weighted by Crippen LogP contribution is -2.25. The maximum absolute atomic E-state index is 4.54. The van der Waals surface area contributed by atoms with Crippen LogP contribution < -0.4 is 5.32 Å². The first-order valence-electron chi connectivity index (χ1n) is 7.62. The Morgan fingerprint density at radius 2 is 2.15 bits per heavy atom. The van der Waals surface area contributed by atoms with Crippen LogP contribution >= 0.6 is 0 Å². The summed E-state index contributed by atoms with van der Waals surface area (Å²) >= 11 is 0. The molecule has 0 spiro atoms. The number of nitrogens with zero attached hydrogens (tertiary/aromatic N) is 2. The Morgan fingerprint density at radius 3 is 2.90 bits per heavy atom. The summed E-state index contributed by atoms with van der Waals surface area (Å²) < 4.78 is 2.11. The zero-order valence-corrected chi connectivity index (χ0v) is 12.4. The molecule has 1 aromatic heterocycles. The van der Waals surface area contributed by atoms with E-state index < -0.39 is 0 Å². The van der Waals surface area contributed by atoms with Crippen molar-refractivity contribution in [1.29, 1.82) is 0 Å². The van der Waals surface area contributed by atoms with Gasteiger partial charge in [-0.3, -0.25) is 0 Å². The van der Waals surface area contributed by atoms with Crippen molar-refractivity contribution in [2.75, 3.05) is 6.54 Å². The molecule has 0 amide bonds. The summed E-state index contributed by atoms with van der Waals surface area (Å²) in [6, 6.07) is 7.15. The number of imidazole rings is 1. The summed E-state index contributed by atoms with van der Waals surface area (Å²) in [6.45, 7) is 3.21. The van der Waals surface area contributed by atoms with Crippen molar-refractivity contribution in [3.63, 3.8) is 0 Å². The molecule has 0 saturated carbocycles. The van der Waals surface area contributed by atoms with Crippen LogP contribution in [0.3, 0.4) is 0 Å². The highest BCUT2D eigenvalue weighted by atomic mass is 15.1. The van der Waals surface area contributed by atoms with Crippen molar-refractivity contribution in [1.82, 2.24) is 14.9 Å². The molecule has 20 heavy (non-hydrogen) atoms. The van der Waals surface area contributed by atoms with Crippen LogP contribution in [0.1, 0.15) is 48.3 Å². The van der Waals surface area contributed by atoms with Gasteiger partial charge in [0.25, 0.3) is 0 Å². The number of aryl methyl sites for hydroxylation is 3. The van der Waals surface area contributed by atoms with Gasteiger partial charge in [-0.25, -0.2) is 4.98 Å². The molecular weight excluding hydrogens is 246 g/mol. The van der Waals surface area contributed by atoms with E-state index in [9.17, 15) is 0 Å². The van der Waals surface area contributed by atoms with E-state index in [1.165, 1.54) is 36.0 Å². The highest BCUT2D eigenvalue weighted by Crippen LogP contribution is 2.27. The smallest absolute Gasteiger partial charge is 0.130 e. The number of hydrogen-bond donors (Lipinski definition) is 1. The minimum atomic E-state index is 0.195. The van der Waals surface area contributed by atoms with E-state index in [-0.39, 0.29) is 6.04 Å². The SMILES string of the molecule is CCCNC(c1ccc2c(c1)CCC2)c1nccn1C. The van der Waals surface area contributed by atoms with E-state index in [4.69, 9.17) is 0 Å². The molecule has 3 nitrogen and oxygen atoms in total. The van der Waals surface area contributed by atoms with Gasteiger partial charge in [-0.2, -0.15) is 0 Å². The second kappa shape index (κ2) is 5.80. The first-order valence-corrected chi connectivity index (χ1v) is 7.62. The average Bonchev–Trinajstić information content (AvgIpc) is 3.08. The van der Waals surface area contributed by atoms with Gasteiger partial charge in [0.1, 0.15) is 5.82 Å². The van der Waals surface area contributed by atoms with Gasteiger partial charge in [0.2, 0.25) is 0 Å². The number of hydrogen-bond acceptors (Lipinski definition) is 2. The fraction of sp³-hybridized carbons (Fsp3) is 0.471. The molecule has 3 rings (SSSR count). The summed E-state index contributed by atoms with van der Waals surface area (Å²) in [5.74, 6) is 1.09. The Hall–Kier alpha value is -1.61. The van der Waals surface area contributed by atoms with Crippen LogP contribution in [-0.4, -0.2) is 16.1 Å².